The van der Waals surface area contributed by atoms with Crippen molar-refractivity contribution in [3.8, 4) is 0 Å². The predicted molar refractivity (Wildman–Crippen MR) is 82.4 cm³/mol. The fourth-order valence-corrected chi connectivity index (χ4v) is 2.22. The van der Waals surface area contributed by atoms with Gasteiger partial charge in [0.1, 0.15) is 0 Å². The van der Waals surface area contributed by atoms with Crippen LogP contribution in [0, 0.1) is 0 Å². The van der Waals surface area contributed by atoms with Crippen LogP contribution in [0.2, 0.25) is 0 Å². The molecule has 0 spiro atoms. The Kier molecular flexibility index (Phi) is 6.53. The van der Waals surface area contributed by atoms with Crippen molar-refractivity contribution in [2.75, 3.05) is 6.54 Å². The molecule has 1 aromatic carbocycles. The molecule has 0 radical (unpaired) electrons. The summed E-state index contributed by atoms with van der Waals surface area (Å²) in [6.45, 7) is 11.8. The molecule has 0 bridgehead atoms. The van der Waals surface area contributed by atoms with Crippen LogP contribution >= 0.6 is 0 Å². The molecule has 19 heavy (non-hydrogen) atoms. The number of rotatable bonds is 8. The summed E-state index contributed by atoms with van der Waals surface area (Å²) in [5.74, 6) is 0. The third kappa shape index (κ3) is 4.96. The molecule has 2 heteroatoms. The van der Waals surface area contributed by atoms with Crippen molar-refractivity contribution in [3.63, 3.8) is 0 Å². The molecule has 0 aromatic heterocycles. The monoisotopic (exact) mass is 263 g/mol. The highest BCUT2D eigenvalue weighted by molar-refractivity contribution is 5.20. The van der Waals surface area contributed by atoms with Gasteiger partial charge in [0.05, 0.1) is 17.7 Å². The van der Waals surface area contributed by atoms with Crippen LogP contribution in [0.3, 0.4) is 0 Å². The van der Waals surface area contributed by atoms with Crippen LogP contribution < -0.4 is 5.32 Å². The van der Waals surface area contributed by atoms with Gasteiger partial charge in [0, 0.05) is 0 Å². The lowest BCUT2D eigenvalue weighted by atomic mass is 9.97. The molecule has 0 aliphatic rings. The van der Waals surface area contributed by atoms with Gasteiger partial charge in [-0.15, -0.1) is 0 Å². The molecule has 2 atom stereocenters. The van der Waals surface area contributed by atoms with E-state index in [1.165, 1.54) is 5.56 Å². The number of ether oxygens (including phenoxy) is 1. The van der Waals surface area contributed by atoms with Gasteiger partial charge in [-0.1, -0.05) is 51.1 Å². The first kappa shape index (κ1) is 16.2. The van der Waals surface area contributed by atoms with E-state index in [-0.39, 0.29) is 17.7 Å². The highest BCUT2D eigenvalue weighted by Gasteiger charge is 2.27. The van der Waals surface area contributed by atoms with E-state index in [2.05, 4.69) is 70.3 Å². The normalized spacial score (nSPS) is 15.2. The number of benzene rings is 1. The maximum Gasteiger partial charge on any atom is 0.0774 e. The first-order valence-electron chi connectivity index (χ1n) is 7.50. The lowest BCUT2D eigenvalue weighted by Gasteiger charge is -2.35. The largest absolute Gasteiger partial charge is 0.370 e. The van der Waals surface area contributed by atoms with Crippen molar-refractivity contribution >= 4 is 0 Å². The third-order valence-electron chi connectivity index (χ3n) is 3.68. The van der Waals surface area contributed by atoms with E-state index in [4.69, 9.17) is 4.74 Å². The van der Waals surface area contributed by atoms with E-state index in [0.29, 0.717) is 0 Å². The van der Waals surface area contributed by atoms with Crippen molar-refractivity contribution in [1.82, 2.24) is 5.32 Å². The standard InChI is InChI=1S/C17H29NO/c1-6-15(19-17(4,5)7-2)16(18-8-3)14-12-10-9-11-13-14/h9-13,15-16,18H,6-8H2,1-5H3. The zero-order chi connectivity index (χ0) is 14.3. The molecule has 0 amide bonds. The van der Waals surface area contributed by atoms with E-state index in [9.17, 15) is 0 Å². The van der Waals surface area contributed by atoms with Gasteiger partial charge in [0.2, 0.25) is 0 Å². The van der Waals surface area contributed by atoms with Gasteiger partial charge in [-0.25, -0.2) is 0 Å². The Morgan fingerprint density at radius 3 is 2.21 bits per heavy atom. The third-order valence-corrected chi connectivity index (χ3v) is 3.68. The number of likely N-dealkylation sites (N-methyl/N-ethyl adjacent to an activating group) is 1. The average Bonchev–Trinajstić information content (AvgIpc) is 2.43. The molecule has 1 rings (SSSR count). The van der Waals surface area contributed by atoms with Crippen LogP contribution in [0.5, 0.6) is 0 Å². The molecule has 1 aromatic rings. The van der Waals surface area contributed by atoms with E-state index in [1.54, 1.807) is 0 Å². The van der Waals surface area contributed by atoms with E-state index >= 15 is 0 Å². The summed E-state index contributed by atoms with van der Waals surface area (Å²) in [4.78, 5) is 0. The van der Waals surface area contributed by atoms with Gasteiger partial charge >= 0.3 is 0 Å². The van der Waals surface area contributed by atoms with Gasteiger partial charge < -0.3 is 10.1 Å². The zero-order valence-electron chi connectivity index (χ0n) is 13.1. The smallest absolute Gasteiger partial charge is 0.0774 e. The number of hydrogen-bond acceptors (Lipinski definition) is 2. The highest BCUT2D eigenvalue weighted by Crippen LogP contribution is 2.27. The lowest BCUT2D eigenvalue weighted by molar-refractivity contribution is -0.0893. The van der Waals surface area contributed by atoms with Crippen molar-refractivity contribution in [2.24, 2.45) is 0 Å². The molecule has 2 nitrogen and oxygen atoms in total. The predicted octanol–water partition coefficient (Wildman–Crippen LogP) is 4.32. The van der Waals surface area contributed by atoms with Gasteiger partial charge in [0.15, 0.2) is 0 Å². The molecule has 0 saturated heterocycles. The van der Waals surface area contributed by atoms with Gasteiger partial charge in [-0.05, 0) is 38.8 Å². The number of nitrogens with one attached hydrogen (secondary N) is 1. The highest BCUT2D eigenvalue weighted by atomic mass is 16.5. The van der Waals surface area contributed by atoms with Gasteiger partial charge in [0.25, 0.3) is 0 Å². The molecule has 0 aliphatic carbocycles. The molecule has 2 unspecified atom stereocenters. The Balaban J connectivity index is 2.89. The van der Waals surface area contributed by atoms with Crippen molar-refractivity contribution < 1.29 is 4.74 Å². The molecular weight excluding hydrogens is 234 g/mol. The van der Waals surface area contributed by atoms with E-state index in [0.717, 1.165) is 19.4 Å². The summed E-state index contributed by atoms with van der Waals surface area (Å²) in [6.07, 6.45) is 2.24. The second kappa shape index (κ2) is 7.66. The topological polar surface area (TPSA) is 21.3 Å². The Hall–Kier alpha value is -0.860. The Morgan fingerprint density at radius 1 is 1.11 bits per heavy atom. The van der Waals surface area contributed by atoms with Crippen LogP contribution in [0.4, 0.5) is 0 Å². The summed E-state index contributed by atoms with van der Waals surface area (Å²) in [5.41, 5.74) is 1.24. The molecule has 0 heterocycles. The van der Waals surface area contributed by atoms with Crippen molar-refractivity contribution in [3.05, 3.63) is 35.9 Å². The Bertz CT molecular complexity index is 348. The first-order valence-corrected chi connectivity index (χ1v) is 7.50. The van der Waals surface area contributed by atoms with E-state index in [1.807, 2.05) is 0 Å². The Morgan fingerprint density at radius 2 is 1.74 bits per heavy atom. The average molecular weight is 263 g/mol. The van der Waals surface area contributed by atoms with Crippen LogP contribution in [0.25, 0.3) is 0 Å². The Labute approximate surface area is 118 Å². The van der Waals surface area contributed by atoms with E-state index < -0.39 is 0 Å². The zero-order valence-corrected chi connectivity index (χ0v) is 13.1. The summed E-state index contributed by atoms with van der Waals surface area (Å²) in [7, 11) is 0. The minimum absolute atomic E-state index is 0.0663. The minimum atomic E-state index is -0.0663. The van der Waals surface area contributed by atoms with Crippen LogP contribution in [0.15, 0.2) is 30.3 Å². The van der Waals surface area contributed by atoms with Crippen molar-refractivity contribution in [1.29, 1.82) is 0 Å². The fraction of sp³-hybridized carbons (Fsp3) is 0.647. The summed E-state index contributed by atoms with van der Waals surface area (Å²) in [5, 5.41) is 3.57. The van der Waals surface area contributed by atoms with Gasteiger partial charge in [-0.2, -0.15) is 0 Å². The van der Waals surface area contributed by atoms with Crippen molar-refractivity contribution in [2.45, 2.75) is 65.2 Å². The molecule has 108 valence electrons. The quantitative estimate of drug-likeness (QED) is 0.754. The molecule has 0 fully saturated rings. The fourth-order valence-electron chi connectivity index (χ4n) is 2.22. The number of hydrogen-bond donors (Lipinski definition) is 1. The van der Waals surface area contributed by atoms with Crippen LogP contribution in [-0.4, -0.2) is 18.2 Å². The minimum Gasteiger partial charge on any atom is -0.370 e. The lowest BCUT2D eigenvalue weighted by Crippen LogP contribution is -2.39. The molecule has 1 N–H and O–H groups in total. The maximum atomic E-state index is 6.34. The second-order valence-corrected chi connectivity index (χ2v) is 5.62. The maximum absolute atomic E-state index is 6.34. The molecule has 0 saturated carbocycles. The van der Waals surface area contributed by atoms with Gasteiger partial charge in [-0.3, -0.25) is 0 Å². The molecule has 0 aliphatic heterocycles. The molecular formula is C17H29NO. The summed E-state index contributed by atoms with van der Waals surface area (Å²) in [6, 6.07) is 10.9. The summed E-state index contributed by atoms with van der Waals surface area (Å²) < 4.78 is 6.34. The second-order valence-electron chi connectivity index (χ2n) is 5.62. The first-order chi connectivity index (χ1) is 9.04. The SMILES string of the molecule is CCNC(c1ccccc1)C(CC)OC(C)(C)CC. The van der Waals surface area contributed by atoms with Crippen LogP contribution in [0.1, 0.15) is 59.1 Å². The van der Waals surface area contributed by atoms with Crippen LogP contribution in [-0.2, 0) is 4.74 Å². The summed E-state index contributed by atoms with van der Waals surface area (Å²) >= 11 is 0.